The quantitative estimate of drug-likeness (QED) is 0.767. The Morgan fingerprint density at radius 2 is 2.19 bits per heavy atom. The maximum Gasteiger partial charge on any atom is 0.250 e. The van der Waals surface area contributed by atoms with E-state index in [1.54, 1.807) is 13.0 Å². The van der Waals surface area contributed by atoms with E-state index in [0.717, 1.165) is 29.7 Å². The summed E-state index contributed by atoms with van der Waals surface area (Å²) in [6, 6.07) is 1.60. The Kier molecular flexibility index (Phi) is 4.91. The molecule has 0 aliphatic heterocycles. The molecule has 1 aromatic rings. The van der Waals surface area contributed by atoms with Crippen LogP contribution in [0.25, 0.3) is 0 Å². The Bertz CT molecular complexity index is 437. The van der Waals surface area contributed by atoms with E-state index in [-0.39, 0.29) is 10.8 Å². The third kappa shape index (κ3) is 3.28. The van der Waals surface area contributed by atoms with Crippen molar-refractivity contribution in [2.75, 3.05) is 6.54 Å². The zero-order valence-corrected chi connectivity index (χ0v) is 11.1. The molecule has 0 bridgehead atoms. The van der Waals surface area contributed by atoms with Crippen LogP contribution in [-0.4, -0.2) is 20.1 Å². The summed E-state index contributed by atoms with van der Waals surface area (Å²) < 4.78 is 26.4. The molecule has 1 aromatic heterocycles. The van der Waals surface area contributed by atoms with E-state index in [2.05, 4.69) is 4.72 Å². The van der Waals surface area contributed by atoms with Crippen molar-refractivity contribution >= 4 is 21.4 Å². The van der Waals surface area contributed by atoms with Gasteiger partial charge in [0.25, 0.3) is 0 Å². The molecule has 0 atom stereocenters. The van der Waals surface area contributed by atoms with Crippen molar-refractivity contribution in [3.05, 3.63) is 16.5 Å². The van der Waals surface area contributed by atoms with Gasteiger partial charge in [-0.15, -0.1) is 11.3 Å². The maximum absolute atomic E-state index is 11.8. The minimum absolute atomic E-state index is 0.110. The van der Waals surface area contributed by atoms with Gasteiger partial charge in [0.2, 0.25) is 10.0 Å². The Balaban J connectivity index is 2.81. The Hall–Kier alpha value is -0.430. The number of aliphatic hydroxyl groups excluding tert-OH is 1. The van der Waals surface area contributed by atoms with E-state index < -0.39 is 10.0 Å². The standard InChI is InChI=1S/C10H17NO3S2/c1-3-4-5-11-16(13,14)10-6-8(2)9(7-12)15-10/h6,11-12H,3-5,7H2,1-2H3. The van der Waals surface area contributed by atoms with E-state index in [1.807, 2.05) is 6.92 Å². The third-order valence-electron chi connectivity index (χ3n) is 2.23. The topological polar surface area (TPSA) is 66.4 Å². The van der Waals surface area contributed by atoms with Gasteiger partial charge in [-0.05, 0) is 25.0 Å². The normalized spacial score (nSPS) is 11.9. The van der Waals surface area contributed by atoms with Gasteiger partial charge in [-0.2, -0.15) is 0 Å². The maximum atomic E-state index is 11.8. The van der Waals surface area contributed by atoms with Crippen LogP contribution in [0.4, 0.5) is 0 Å². The SMILES string of the molecule is CCCCNS(=O)(=O)c1cc(C)c(CO)s1. The minimum atomic E-state index is -3.39. The average Bonchev–Trinajstić information content (AvgIpc) is 2.60. The van der Waals surface area contributed by atoms with Gasteiger partial charge in [-0.3, -0.25) is 0 Å². The molecule has 0 amide bonds. The molecule has 16 heavy (non-hydrogen) atoms. The van der Waals surface area contributed by atoms with Gasteiger partial charge in [0.15, 0.2) is 0 Å². The molecule has 0 saturated carbocycles. The molecule has 0 unspecified atom stereocenters. The molecular formula is C10H17NO3S2. The molecule has 0 saturated heterocycles. The van der Waals surface area contributed by atoms with Crippen molar-refractivity contribution in [3.63, 3.8) is 0 Å². The van der Waals surface area contributed by atoms with Crippen molar-refractivity contribution in [3.8, 4) is 0 Å². The van der Waals surface area contributed by atoms with Crippen LogP contribution in [-0.2, 0) is 16.6 Å². The van der Waals surface area contributed by atoms with Crippen molar-refractivity contribution in [1.29, 1.82) is 0 Å². The molecule has 0 aliphatic carbocycles. The number of hydrogen-bond acceptors (Lipinski definition) is 4. The van der Waals surface area contributed by atoms with Gasteiger partial charge in [-0.1, -0.05) is 13.3 Å². The van der Waals surface area contributed by atoms with Gasteiger partial charge < -0.3 is 5.11 Å². The molecule has 1 heterocycles. The lowest BCUT2D eigenvalue weighted by Crippen LogP contribution is -2.23. The predicted molar refractivity (Wildman–Crippen MR) is 65.1 cm³/mol. The summed E-state index contributed by atoms with van der Waals surface area (Å²) in [4.78, 5) is 0.705. The lowest BCUT2D eigenvalue weighted by molar-refractivity contribution is 0.285. The number of unbranched alkanes of at least 4 members (excludes halogenated alkanes) is 1. The summed E-state index contributed by atoms with van der Waals surface area (Å²) in [5, 5.41) is 9.01. The largest absolute Gasteiger partial charge is 0.391 e. The zero-order chi connectivity index (χ0) is 12.2. The first-order valence-electron chi connectivity index (χ1n) is 5.21. The van der Waals surface area contributed by atoms with Gasteiger partial charge >= 0.3 is 0 Å². The molecule has 1 rings (SSSR count). The fraction of sp³-hybridized carbons (Fsp3) is 0.600. The lowest BCUT2D eigenvalue weighted by atomic mass is 10.3. The fourth-order valence-electron chi connectivity index (χ4n) is 1.23. The summed E-state index contributed by atoms with van der Waals surface area (Å²) >= 11 is 1.12. The highest BCUT2D eigenvalue weighted by atomic mass is 32.2. The zero-order valence-electron chi connectivity index (χ0n) is 9.49. The van der Waals surface area contributed by atoms with Crippen molar-refractivity contribution in [2.24, 2.45) is 0 Å². The van der Waals surface area contributed by atoms with Crippen LogP contribution < -0.4 is 4.72 Å². The van der Waals surface area contributed by atoms with Crippen LogP contribution in [0.15, 0.2) is 10.3 Å². The predicted octanol–water partition coefficient (Wildman–Crippen LogP) is 1.63. The smallest absolute Gasteiger partial charge is 0.250 e. The molecule has 92 valence electrons. The number of hydrogen-bond donors (Lipinski definition) is 2. The summed E-state index contributed by atoms with van der Waals surface area (Å²) in [5.74, 6) is 0. The first kappa shape index (κ1) is 13.6. The second-order valence-corrected chi connectivity index (χ2v) is 6.71. The first-order valence-corrected chi connectivity index (χ1v) is 7.51. The second-order valence-electron chi connectivity index (χ2n) is 3.58. The number of rotatable bonds is 6. The van der Waals surface area contributed by atoms with Crippen molar-refractivity contribution in [2.45, 2.75) is 37.5 Å². The van der Waals surface area contributed by atoms with Crippen LogP contribution in [0.3, 0.4) is 0 Å². The Labute approximate surface area is 100 Å². The second kappa shape index (κ2) is 5.77. The van der Waals surface area contributed by atoms with Crippen molar-refractivity contribution < 1.29 is 13.5 Å². The highest BCUT2D eigenvalue weighted by molar-refractivity contribution is 7.91. The molecule has 6 heteroatoms. The van der Waals surface area contributed by atoms with Gasteiger partial charge in [0.1, 0.15) is 4.21 Å². The monoisotopic (exact) mass is 263 g/mol. The molecule has 0 fully saturated rings. The molecular weight excluding hydrogens is 246 g/mol. The molecule has 4 nitrogen and oxygen atoms in total. The van der Waals surface area contributed by atoms with Crippen LogP contribution in [0, 0.1) is 6.92 Å². The van der Waals surface area contributed by atoms with Gasteiger partial charge in [-0.25, -0.2) is 13.1 Å². The summed E-state index contributed by atoms with van der Waals surface area (Å²) in [5.41, 5.74) is 0.823. The lowest BCUT2D eigenvalue weighted by Gasteiger charge is -2.02. The number of nitrogens with one attached hydrogen (secondary N) is 1. The van der Waals surface area contributed by atoms with Crippen molar-refractivity contribution in [1.82, 2.24) is 4.72 Å². The van der Waals surface area contributed by atoms with Crippen LogP contribution in [0.1, 0.15) is 30.2 Å². The van der Waals surface area contributed by atoms with Gasteiger partial charge in [0, 0.05) is 11.4 Å². The van der Waals surface area contributed by atoms with E-state index >= 15 is 0 Å². The van der Waals surface area contributed by atoms with Crippen LogP contribution >= 0.6 is 11.3 Å². The first-order chi connectivity index (χ1) is 7.51. The summed E-state index contributed by atoms with van der Waals surface area (Å²) in [7, 11) is -3.39. The number of aryl methyl sites for hydroxylation is 1. The molecule has 0 aliphatic rings. The third-order valence-corrected chi connectivity index (χ3v) is 5.39. The summed E-state index contributed by atoms with van der Waals surface area (Å²) in [6.07, 6.45) is 1.78. The molecule has 2 N–H and O–H groups in total. The number of aliphatic hydroxyl groups is 1. The number of thiophene rings is 1. The average molecular weight is 263 g/mol. The highest BCUT2D eigenvalue weighted by Gasteiger charge is 2.17. The minimum Gasteiger partial charge on any atom is -0.391 e. The van der Waals surface area contributed by atoms with E-state index in [9.17, 15) is 8.42 Å². The van der Waals surface area contributed by atoms with Gasteiger partial charge in [0.05, 0.1) is 6.61 Å². The van der Waals surface area contributed by atoms with E-state index in [0.29, 0.717) is 11.4 Å². The Morgan fingerprint density at radius 3 is 2.69 bits per heavy atom. The van der Waals surface area contributed by atoms with Crippen LogP contribution in [0.5, 0.6) is 0 Å². The molecule has 0 aromatic carbocycles. The number of sulfonamides is 1. The van der Waals surface area contributed by atoms with E-state index in [4.69, 9.17) is 5.11 Å². The highest BCUT2D eigenvalue weighted by Crippen LogP contribution is 2.25. The molecule has 0 spiro atoms. The van der Waals surface area contributed by atoms with E-state index in [1.165, 1.54) is 0 Å². The molecule has 0 radical (unpaired) electrons. The Morgan fingerprint density at radius 1 is 1.50 bits per heavy atom. The van der Waals surface area contributed by atoms with Crippen LogP contribution in [0.2, 0.25) is 0 Å². The fourth-order valence-corrected chi connectivity index (χ4v) is 3.80. The summed E-state index contributed by atoms with van der Waals surface area (Å²) in [6.45, 7) is 4.16.